The number of aliphatic hydroxyl groups is 1. The molecule has 0 aliphatic heterocycles. The molecular weight excluding hydrogens is 212 g/mol. The maximum absolute atomic E-state index is 11.6. The highest BCUT2D eigenvalue weighted by atomic mass is 16.3. The van der Waals surface area contributed by atoms with Crippen molar-refractivity contribution in [3.05, 3.63) is 23.8 Å². The van der Waals surface area contributed by atoms with Crippen LogP contribution in [0.25, 0.3) is 0 Å². The van der Waals surface area contributed by atoms with Gasteiger partial charge in [0.2, 0.25) is 0 Å². The summed E-state index contributed by atoms with van der Waals surface area (Å²) in [6.07, 6.45) is 4.08. The number of ketones is 1. The van der Waals surface area contributed by atoms with Crippen molar-refractivity contribution < 1.29 is 9.90 Å². The van der Waals surface area contributed by atoms with Crippen molar-refractivity contribution in [2.75, 3.05) is 0 Å². The van der Waals surface area contributed by atoms with Crippen molar-refractivity contribution in [1.29, 1.82) is 0 Å². The van der Waals surface area contributed by atoms with E-state index in [0.29, 0.717) is 5.92 Å². The molecule has 0 aromatic heterocycles. The van der Waals surface area contributed by atoms with Gasteiger partial charge in [0.25, 0.3) is 0 Å². The SMILES string of the molecule is C=C(C)[C@@H]1CC[C@@]2(C1)C(C)=CC(=O)[C@H](O)[C@H]2C. The lowest BCUT2D eigenvalue weighted by atomic mass is 9.63. The number of hydrogen-bond acceptors (Lipinski definition) is 2. The summed E-state index contributed by atoms with van der Waals surface area (Å²) < 4.78 is 0. The second-order valence-electron chi connectivity index (χ2n) is 5.91. The zero-order valence-electron chi connectivity index (χ0n) is 11.0. The number of carbonyl (C=O) groups excluding carboxylic acids is 1. The molecule has 1 spiro atoms. The van der Waals surface area contributed by atoms with E-state index in [9.17, 15) is 9.90 Å². The highest BCUT2D eigenvalue weighted by Gasteiger charge is 2.50. The van der Waals surface area contributed by atoms with Crippen LogP contribution in [0.2, 0.25) is 0 Å². The second-order valence-corrected chi connectivity index (χ2v) is 5.91. The van der Waals surface area contributed by atoms with Gasteiger partial charge in [0, 0.05) is 0 Å². The van der Waals surface area contributed by atoms with E-state index in [4.69, 9.17) is 0 Å². The molecule has 0 aromatic carbocycles. The van der Waals surface area contributed by atoms with Crippen LogP contribution in [0, 0.1) is 17.3 Å². The van der Waals surface area contributed by atoms with Gasteiger partial charge >= 0.3 is 0 Å². The molecule has 0 amide bonds. The number of carbonyl (C=O) groups is 1. The molecule has 2 aliphatic rings. The Bertz CT molecular complexity index is 394. The summed E-state index contributed by atoms with van der Waals surface area (Å²) in [6.45, 7) is 10.2. The maximum Gasteiger partial charge on any atom is 0.184 e. The minimum Gasteiger partial charge on any atom is -0.385 e. The maximum atomic E-state index is 11.6. The van der Waals surface area contributed by atoms with Crippen molar-refractivity contribution in [3.8, 4) is 0 Å². The molecule has 0 heterocycles. The summed E-state index contributed by atoms with van der Waals surface area (Å²) in [5.74, 6) is 0.449. The van der Waals surface area contributed by atoms with Gasteiger partial charge in [-0.2, -0.15) is 0 Å². The van der Waals surface area contributed by atoms with Crippen LogP contribution in [0.5, 0.6) is 0 Å². The summed E-state index contributed by atoms with van der Waals surface area (Å²) in [7, 11) is 0. The lowest BCUT2D eigenvalue weighted by molar-refractivity contribution is -0.128. The minimum absolute atomic E-state index is 0.0247. The fraction of sp³-hybridized carbons (Fsp3) is 0.667. The third-order valence-corrected chi connectivity index (χ3v) is 5.03. The summed E-state index contributed by atoms with van der Waals surface area (Å²) >= 11 is 0. The number of aliphatic hydroxyl groups excluding tert-OH is 1. The summed E-state index contributed by atoms with van der Waals surface area (Å²) in [5.41, 5.74) is 2.41. The summed E-state index contributed by atoms with van der Waals surface area (Å²) in [6, 6.07) is 0. The van der Waals surface area contributed by atoms with Crippen molar-refractivity contribution in [2.45, 2.75) is 46.1 Å². The van der Waals surface area contributed by atoms with Crippen LogP contribution in [-0.2, 0) is 4.79 Å². The third kappa shape index (κ3) is 1.79. The lowest BCUT2D eigenvalue weighted by Gasteiger charge is -2.42. The predicted molar refractivity (Wildman–Crippen MR) is 68.5 cm³/mol. The van der Waals surface area contributed by atoms with E-state index < -0.39 is 6.10 Å². The van der Waals surface area contributed by atoms with E-state index in [1.165, 1.54) is 5.57 Å². The van der Waals surface area contributed by atoms with Gasteiger partial charge < -0.3 is 5.11 Å². The Morgan fingerprint density at radius 2 is 2.24 bits per heavy atom. The van der Waals surface area contributed by atoms with Gasteiger partial charge in [-0.1, -0.05) is 24.6 Å². The van der Waals surface area contributed by atoms with E-state index in [-0.39, 0.29) is 17.1 Å². The van der Waals surface area contributed by atoms with E-state index in [1.807, 2.05) is 13.8 Å². The molecular formula is C15H22O2. The standard InChI is InChI=1S/C15H22O2/c1-9(2)12-5-6-15(8-12)10(3)7-13(16)14(17)11(15)4/h7,11-12,14,17H,1,5-6,8H2,2-4H3/t11-,12-,14-,15-/m1/s1. The average Bonchev–Trinajstić information content (AvgIpc) is 2.71. The molecule has 4 atom stereocenters. The molecule has 0 unspecified atom stereocenters. The van der Waals surface area contributed by atoms with E-state index in [0.717, 1.165) is 24.8 Å². The Kier molecular flexibility index (Phi) is 3.03. The number of hydrogen-bond donors (Lipinski definition) is 1. The second kappa shape index (κ2) is 4.09. The monoisotopic (exact) mass is 234 g/mol. The topological polar surface area (TPSA) is 37.3 Å². The molecule has 1 saturated carbocycles. The molecule has 0 bridgehead atoms. The summed E-state index contributed by atoms with van der Waals surface area (Å²) in [4.78, 5) is 11.6. The fourth-order valence-corrected chi connectivity index (χ4v) is 3.62. The van der Waals surface area contributed by atoms with Crippen molar-refractivity contribution >= 4 is 5.78 Å². The number of rotatable bonds is 1. The molecule has 0 aromatic rings. The van der Waals surface area contributed by atoms with Crippen LogP contribution in [-0.4, -0.2) is 17.0 Å². The van der Waals surface area contributed by atoms with Crippen LogP contribution in [0.15, 0.2) is 23.8 Å². The first kappa shape index (κ1) is 12.6. The van der Waals surface area contributed by atoms with Gasteiger partial charge in [-0.05, 0) is 56.4 Å². The van der Waals surface area contributed by atoms with Gasteiger partial charge in [-0.25, -0.2) is 0 Å². The molecule has 94 valence electrons. The van der Waals surface area contributed by atoms with Gasteiger partial charge in [-0.15, -0.1) is 0 Å². The van der Waals surface area contributed by atoms with Crippen molar-refractivity contribution in [3.63, 3.8) is 0 Å². The Morgan fingerprint density at radius 1 is 1.59 bits per heavy atom. The van der Waals surface area contributed by atoms with Crippen molar-refractivity contribution in [2.24, 2.45) is 17.3 Å². The van der Waals surface area contributed by atoms with Crippen LogP contribution in [0.1, 0.15) is 40.0 Å². The van der Waals surface area contributed by atoms with E-state index >= 15 is 0 Å². The highest BCUT2D eigenvalue weighted by Crippen LogP contribution is 2.55. The molecule has 0 radical (unpaired) electrons. The van der Waals surface area contributed by atoms with Crippen molar-refractivity contribution in [1.82, 2.24) is 0 Å². The van der Waals surface area contributed by atoms with Gasteiger partial charge in [0.1, 0.15) is 6.10 Å². The van der Waals surface area contributed by atoms with Crippen LogP contribution in [0.4, 0.5) is 0 Å². The normalized spacial score (nSPS) is 41.8. The predicted octanol–water partition coefficient (Wildman–Crippen LogP) is 2.88. The first-order chi connectivity index (χ1) is 7.88. The third-order valence-electron chi connectivity index (χ3n) is 5.03. The molecule has 17 heavy (non-hydrogen) atoms. The fourth-order valence-electron chi connectivity index (χ4n) is 3.62. The Labute approximate surface area is 103 Å². The summed E-state index contributed by atoms with van der Waals surface area (Å²) in [5, 5.41) is 10.00. The molecule has 2 nitrogen and oxygen atoms in total. The molecule has 2 rings (SSSR count). The van der Waals surface area contributed by atoms with Crippen LogP contribution < -0.4 is 0 Å². The van der Waals surface area contributed by atoms with Crippen LogP contribution in [0.3, 0.4) is 0 Å². The molecule has 1 N–H and O–H groups in total. The zero-order chi connectivity index (χ0) is 12.8. The highest BCUT2D eigenvalue weighted by molar-refractivity contribution is 5.95. The van der Waals surface area contributed by atoms with E-state index in [1.54, 1.807) is 6.08 Å². The lowest BCUT2D eigenvalue weighted by Crippen LogP contribution is -2.43. The Hall–Kier alpha value is -0.890. The smallest absolute Gasteiger partial charge is 0.184 e. The number of allylic oxidation sites excluding steroid dienone is 2. The molecule has 2 heteroatoms. The Morgan fingerprint density at radius 3 is 2.76 bits per heavy atom. The zero-order valence-corrected chi connectivity index (χ0v) is 11.0. The Balaban J connectivity index is 2.34. The first-order valence-electron chi connectivity index (χ1n) is 6.44. The van der Waals surface area contributed by atoms with E-state index in [2.05, 4.69) is 13.5 Å². The van der Waals surface area contributed by atoms with Crippen LogP contribution >= 0.6 is 0 Å². The molecule has 0 saturated heterocycles. The average molecular weight is 234 g/mol. The largest absolute Gasteiger partial charge is 0.385 e. The molecule has 1 fully saturated rings. The first-order valence-corrected chi connectivity index (χ1v) is 6.44. The van der Waals surface area contributed by atoms with Gasteiger partial charge in [0.05, 0.1) is 0 Å². The van der Waals surface area contributed by atoms with Gasteiger partial charge in [-0.3, -0.25) is 4.79 Å². The molecule has 2 aliphatic carbocycles. The quantitative estimate of drug-likeness (QED) is 0.708. The van der Waals surface area contributed by atoms with Gasteiger partial charge in [0.15, 0.2) is 5.78 Å². The minimum atomic E-state index is -0.817.